The molecule has 3 aromatic rings. The topological polar surface area (TPSA) is 207 Å². The maximum absolute atomic E-state index is 13.5. The van der Waals surface area contributed by atoms with Gasteiger partial charge in [-0.25, -0.2) is 14.6 Å². The number of imidazole rings is 1. The van der Waals surface area contributed by atoms with Gasteiger partial charge in [-0.1, -0.05) is 64.1 Å². The van der Waals surface area contributed by atoms with Crippen LogP contribution in [0.3, 0.4) is 0 Å². The van der Waals surface area contributed by atoms with Crippen LogP contribution in [0.5, 0.6) is 0 Å². The summed E-state index contributed by atoms with van der Waals surface area (Å²) in [5.41, 5.74) is 10.6. The van der Waals surface area contributed by atoms with E-state index in [0.29, 0.717) is 31.0 Å². The molecule has 4 amide bonds. The van der Waals surface area contributed by atoms with E-state index in [0.717, 1.165) is 41.6 Å². The lowest BCUT2D eigenvalue weighted by Gasteiger charge is -2.29. The summed E-state index contributed by atoms with van der Waals surface area (Å²) in [6, 6.07) is 13.8. The second-order valence-corrected chi connectivity index (χ2v) is 14.2. The highest BCUT2D eigenvalue weighted by atomic mass is 16.5. The Morgan fingerprint density at radius 1 is 0.962 bits per heavy atom. The van der Waals surface area contributed by atoms with Gasteiger partial charge in [0.15, 0.2) is 5.96 Å². The second kappa shape index (κ2) is 17.3. The van der Waals surface area contributed by atoms with Gasteiger partial charge in [0.25, 0.3) is 0 Å². The highest BCUT2D eigenvalue weighted by Crippen LogP contribution is 2.33. The van der Waals surface area contributed by atoms with Gasteiger partial charge in [0.2, 0.25) is 11.8 Å². The van der Waals surface area contributed by atoms with Gasteiger partial charge in [0, 0.05) is 18.8 Å². The molecule has 7 N–H and O–H groups in total. The van der Waals surface area contributed by atoms with Crippen molar-refractivity contribution >= 4 is 35.6 Å². The number of methoxy groups -OCH3 is 1. The molecule has 4 unspecified atom stereocenters. The number of rotatable bonds is 12. The van der Waals surface area contributed by atoms with Gasteiger partial charge < -0.3 is 46.3 Å². The number of anilines is 1. The van der Waals surface area contributed by atoms with E-state index in [1.807, 2.05) is 81.1 Å². The van der Waals surface area contributed by atoms with Crippen LogP contribution in [0.1, 0.15) is 65.2 Å². The van der Waals surface area contributed by atoms with Gasteiger partial charge in [-0.2, -0.15) is 0 Å². The molecule has 0 spiro atoms. The molecular formula is C38H51N9O6. The zero-order chi connectivity index (χ0) is 38.2. The van der Waals surface area contributed by atoms with E-state index in [4.69, 9.17) is 10.5 Å². The number of carbonyl (C=O) groups is 4. The van der Waals surface area contributed by atoms with Crippen molar-refractivity contribution in [2.45, 2.75) is 77.5 Å². The Hall–Kier alpha value is -5.60. The number of nitrogens with zero attached hydrogens (tertiary/aromatic N) is 4. The average molecular weight is 730 g/mol. The number of guanidine groups is 1. The number of aromatic amines is 1. The van der Waals surface area contributed by atoms with Crippen LogP contribution in [0.4, 0.5) is 15.3 Å². The molecule has 0 bridgehead atoms. The van der Waals surface area contributed by atoms with Crippen LogP contribution in [0.2, 0.25) is 0 Å². The van der Waals surface area contributed by atoms with Gasteiger partial charge in [-0.3, -0.25) is 14.6 Å². The fourth-order valence-corrected chi connectivity index (χ4v) is 6.87. The van der Waals surface area contributed by atoms with Crippen LogP contribution in [0, 0.1) is 11.8 Å². The van der Waals surface area contributed by atoms with Gasteiger partial charge >= 0.3 is 12.2 Å². The number of carboxylic acid groups (broad SMARTS) is 1. The number of carbonyl (C=O) groups excluding carboxylic acids is 3. The smallest absolute Gasteiger partial charge is 0.407 e. The van der Waals surface area contributed by atoms with Crippen molar-refractivity contribution in [3.8, 4) is 22.4 Å². The number of hydrogen-bond acceptors (Lipinski definition) is 7. The third-order valence-corrected chi connectivity index (χ3v) is 9.91. The van der Waals surface area contributed by atoms with E-state index in [-0.39, 0.29) is 48.2 Å². The minimum atomic E-state index is -1.22. The predicted molar refractivity (Wildman–Crippen MR) is 202 cm³/mol. The number of nitrogens with one attached hydrogen (secondary N) is 4. The van der Waals surface area contributed by atoms with E-state index in [1.165, 1.54) is 7.11 Å². The van der Waals surface area contributed by atoms with Crippen LogP contribution in [-0.2, 0) is 14.3 Å². The summed E-state index contributed by atoms with van der Waals surface area (Å²) < 4.78 is 4.73. The molecule has 2 aromatic carbocycles. The van der Waals surface area contributed by atoms with Crippen LogP contribution in [0.15, 0.2) is 59.7 Å². The normalized spacial score (nSPS) is 18.6. The van der Waals surface area contributed by atoms with Crippen molar-refractivity contribution < 1.29 is 29.0 Å². The van der Waals surface area contributed by atoms with Crippen molar-refractivity contribution in [2.75, 3.05) is 32.1 Å². The van der Waals surface area contributed by atoms with Crippen LogP contribution < -0.4 is 21.7 Å². The summed E-state index contributed by atoms with van der Waals surface area (Å²) in [4.78, 5) is 66.0. The molecule has 1 aromatic heterocycles. The molecule has 3 heterocycles. The largest absolute Gasteiger partial charge is 0.465 e. The lowest BCUT2D eigenvalue weighted by Crippen LogP contribution is -2.50. The number of nitrogens with two attached hydrogens (primary N) is 1. The van der Waals surface area contributed by atoms with Crippen molar-refractivity contribution in [3.63, 3.8) is 0 Å². The second-order valence-electron chi connectivity index (χ2n) is 14.2. The number of H-pyrrole nitrogens is 1. The summed E-state index contributed by atoms with van der Waals surface area (Å²) in [5.74, 6) is 0.424. The number of aromatic nitrogens is 2. The van der Waals surface area contributed by atoms with Crippen molar-refractivity contribution in [1.82, 2.24) is 30.4 Å². The molecule has 2 aliphatic heterocycles. The minimum Gasteiger partial charge on any atom is -0.465 e. The Bertz CT molecular complexity index is 1790. The summed E-state index contributed by atoms with van der Waals surface area (Å²) in [5, 5.41) is 17.5. The quantitative estimate of drug-likeness (QED) is 0.112. The van der Waals surface area contributed by atoms with E-state index < -0.39 is 24.3 Å². The fraction of sp³-hybridized carbons (Fsp3) is 0.474. The molecule has 15 heteroatoms. The minimum absolute atomic E-state index is 0.103. The first-order valence-corrected chi connectivity index (χ1v) is 18.1. The number of likely N-dealkylation sites (tertiary alicyclic amines) is 2. The average Bonchev–Trinajstić information content (AvgIpc) is 3.93. The van der Waals surface area contributed by atoms with Crippen molar-refractivity contribution in [2.24, 2.45) is 22.6 Å². The fourth-order valence-electron chi connectivity index (χ4n) is 6.87. The van der Waals surface area contributed by atoms with E-state index in [9.17, 15) is 24.3 Å². The van der Waals surface area contributed by atoms with Crippen LogP contribution >= 0.6 is 0 Å². The Kier molecular flexibility index (Phi) is 12.6. The summed E-state index contributed by atoms with van der Waals surface area (Å²) in [6.07, 6.45) is 2.98. The lowest BCUT2D eigenvalue weighted by atomic mass is 10.0. The first-order valence-electron chi connectivity index (χ1n) is 18.1. The van der Waals surface area contributed by atoms with E-state index >= 15 is 0 Å². The molecule has 5 rings (SSSR count). The predicted octanol–water partition coefficient (Wildman–Crippen LogP) is 4.80. The molecule has 2 aliphatic rings. The molecule has 0 radical (unpaired) electrons. The number of hydrogen-bond donors (Lipinski definition) is 6. The van der Waals surface area contributed by atoms with Crippen molar-refractivity contribution in [1.29, 1.82) is 0 Å². The standard InChI is InChI=1S/C38H51N9O6/c1-22(2)28(44-38(52)53-5)20-41-36(39)47-18-8-12-31(47)34(48)42-27-10-6-9-26(19-27)24-13-15-25(16-14-24)29-21-40-33(43-29)30-11-7-17-46(30)35(49)32(23(3)4)45-37(50)51/h6,9-10,13-16,19,21-23,28,30-32,45H,7-8,11-12,17-18,20H2,1-5H3,(H2,39,41)(H,40,43)(H,42,48)(H,44,52)(H,50,51). The molecule has 15 nitrogen and oxygen atoms in total. The summed E-state index contributed by atoms with van der Waals surface area (Å²) in [6.45, 7) is 9.00. The molecule has 0 aliphatic carbocycles. The van der Waals surface area contributed by atoms with Crippen LogP contribution in [0.25, 0.3) is 22.4 Å². The highest BCUT2D eigenvalue weighted by Gasteiger charge is 2.37. The Morgan fingerprint density at radius 2 is 1.66 bits per heavy atom. The molecule has 0 saturated carbocycles. The number of alkyl carbamates (subject to hydrolysis) is 1. The molecular weight excluding hydrogens is 678 g/mol. The zero-order valence-corrected chi connectivity index (χ0v) is 31.0. The SMILES string of the molecule is COC(=O)NC(CN=C(N)N1CCCC1C(=O)Nc1cccc(-c2ccc(-c3cnc(C4CCCN4C(=O)C(NC(=O)O)C(C)C)[nH]3)cc2)c1)C(C)C. The van der Waals surface area contributed by atoms with Crippen molar-refractivity contribution in [3.05, 3.63) is 60.6 Å². The highest BCUT2D eigenvalue weighted by molar-refractivity contribution is 5.98. The Balaban J connectivity index is 1.22. The monoisotopic (exact) mass is 729 g/mol. The zero-order valence-electron chi connectivity index (χ0n) is 31.0. The van der Waals surface area contributed by atoms with Gasteiger partial charge in [0.05, 0.1) is 37.6 Å². The molecule has 284 valence electrons. The summed E-state index contributed by atoms with van der Waals surface area (Å²) >= 11 is 0. The number of aliphatic imine (C=N–C) groups is 1. The molecule has 2 fully saturated rings. The third-order valence-electron chi connectivity index (χ3n) is 9.91. The number of benzene rings is 2. The van der Waals surface area contributed by atoms with E-state index in [1.54, 1.807) is 11.1 Å². The Morgan fingerprint density at radius 3 is 2.34 bits per heavy atom. The maximum Gasteiger partial charge on any atom is 0.407 e. The first-order chi connectivity index (χ1) is 25.4. The first kappa shape index (κ1) is 38.6. The van der Waals surface area contributed by atoms with Crippen LogP contribution in [-0.4, -0.2) is 99.7 Å². The Labute approximate surface area is 309 Å². The molecule has 2 saturated heterocycles. The van der Waals surface area contributed by atoms with E-state index in [2.05, 4.69) is 30.9 Å². The summed E-state index contributed by atoms with van der Waals surface area (Å²) in [7, 11) is 1.31. The molecule has 53 heavy (non-hydrogen) atoms. The number of amides is 4. The number of ether oxygens (including phenoxy) is 1. The maximum atomic E-state index is 13.5. The van der Waals surface area contributed by atoms with Gasteiger partial charge in [-0.15, -0.1) is 0 Å². The lowest BCUT2D eigenvalue weighted by molar-refractivity contribution is -0.135. The van der Waals surface area contributed by atoms with Gasteiger partial charge in [-0.05, 0) is 66.3 Å². The van der Waals surface area contributed by atoms with Gasteiger partial charge in [0.1, 0.15) is 17.9 Å². The molecule has 4 atom stereocenters. The third kappa shape index (κ3) is 9.45.